The molecule has 2 aliphatic rings. The van der Waals surface area contributed by atoms with Gasteiger partial charge in [0.15, 0.2) is 5.13 Å². The molecule has 1 aromatic heterocycles. The summed E-state index contributed by atoms with van der Waals surface area (Å²) in [5.74, 6) is 2.90. The van der Waals surface area contributed by atoms with Gasteiger partial charge in [0.2, 0.25) is 0 Å². The highest BCUT2D eigenvalue weighted by atomic mass is 32.1. The SMILES string of the molecule is CNc1nc([C@H]2C[C@@H]3C[C@@H]3C2)cs1. The van der Waals surface area contributed by atoms with E-state index in [2.05, 4.69) is 15.7 Å². The van der Waals surface area contributed by atoms with Crippen molar-refractivity contribution in [3.8, 4) is 0 Å². The highest BCUT2D eigenvalue weighted by molar-refractivity contribution is 7.13. The number of nitrogens with one attached hydrogen (secondary N) is 1. The predicted molar refractivity (Wildman–Crippen MR) is 55.2 cm³/mol. The Morgan fingerprint density at radius 3 is 2.77 bits per heavy atom. The Bertz CT molecular complexity index is 310. The maximum absolute atomic E-state index is 4.57. The van der Waals surface area contributed by atoms with Crippen LogP contribution in [-0.2, 0) is 0 Å². The molecule has 0 amide bonds. The summed E-state index contributed by atoms with van der Waals surface area (Å²) in [6, 6.07) is 0. The van der Waals surface area contributed by atoms with E-state index in [9.17, 15) is 0 Å². The smallest absolute Gasteiger partial charge is 0.182 e. The molecule has 2 fully saturated rings. The van der Waals surface area contributed by atoms with E-state index in [0.29, 0.717) is 0 Å². The van der Waals surface area contributed by atoms with Crippen molar-refractivity contribution in [3.63, 3.8) is 0 Å². The number of rotatable bonds is 2. The van der Waals surface area contributed by atoms with Gasteiger partial charge in [0.05, 0.1) is 5.69 Å². The summed E-state index contributed by atoms with van der Waals surface area (Å²) in [5.41, 5.74) is 1.33. The molecule has 13 heavy (non-hydrogen) atoms. The minimum Gasteiger partial charge on any atom is -0.365 e. The zero-order valence-electron chi connectivity index (χ0n) is 7.79. The van der Waals surface area contributed by atoms with Crippen LogP contribution in [0.3, 0.4) is 0 Å². The Labute approximate surface area is 82.4 Å². The summed E-state index contributed by atoms with van der Waals surface area (Å²) in [4.78, 5) is 4.57. The monoisotopic (exact) mass is 194 g/mol. The van der Waals surface area contributed by atoms with Crippen LogP contribution in [0.25, 0.3) is 0 Å². The molecule has 0 radical (unpaired) electrons. The van der Waals surface area contributed by atoms with E-state index in [4.69, 9.17) is 0 Å². The minimum absolute atomic E-state index is 0.780. The molecule has 2 saturated carbocycles. The fourth-order valence-corrected chi connectivity index (χ4v) is 3.30. The Morgan fingerprint density at radius 2 is 2.15 bits per heavy atom. The molecule has 3 atom stereocenters. The number of nitrogens with zero attached hydrogens (tertiary/aromatic N) is 1. The van der Waals surface area contributed by atoms with Crippen molar-refractivity contribution >= 4 is 16.5 Å². The number of anilines is 1. The molecule has 0 saturated heterocycles. The lowest BCUT2D eigenvalue weighted by molar-refractivity contribution is 0.612. The summed E-state index contributed by atoms with van der Waals surface area (Å²) < 4.78 is 0. The molecule has 0 bridgehead atoms. The molecule has 70 valence electrons. The maximum atomic E-state index is 4.57. The third kappa shape index (κ3) is 1.26. The van der Waals surface area contributed by atoms with E-state index in [1.54, 1.807) is 11.3 Å². The van der Waals surface area contributed by atoms with Gasteiger partial charge in [0.1, 0.15) is 0 Å². The largest absolute Gasteiger partial charge is 0.365 e. The second-order valence-corrected chi connectivity index (χ2v) is 5.11. The molecular weight excluding hydrogens is 180 g/mol. The zero-order chi connectivity index (χ0) is 8.84. The second-order valence-electron chi connectivity index (χ2n) is 4.25. The topological polar surface area (TPSA) is 24.9 Å². The number of fused-ring (bicyclic) bond motifs is 1. The van der Waals surface area contributed by atoms with E-state index < -0.39 is 0 Å². The van der Waals surface area contributed by atoms with Gasteiger partial charge in [-0.15, -0.1) is 11.3 Å². The zero-order valence-corrected chi connectivity index (χ0v) is 8.60. The number of hydrogen-bond donors (Lipinski definition) is 1. The average molecular weight is 194 g/mol. The standard InChI is InChI=1S/C10H14N2S/c1-11-10-12-9(5-13-10)8-3-6-2-7(6)4-8/h5-8H,2-4H2,1H3,(H,11,12)/t6-,7+,8-. The van der Waals surface area contributed by atoms with Gasteiger partial charge in [-0.3, -0.25) is 0 Å². The molecule has 0 unspecified atom stereocenters. The number of thiazole rings is 1. The van der Waals surface area contributed by atoms with Crippen LogP contribution in [0.15, 0.2) is 5.38 Å². The van der Waals surface area contributed by atoms with Crippen LogP contribution in [0.2, 0.25) is 0 Å². The lowest BCUT2D eigenvalue weighted by Crippen LogP contribution is -1.96. The number of aromatic nitrogens is 1. The van der Waals surface area contributed by atoms with Gasteiger partial charge in [-0.2, -0.15) is 0 Å². The third-order valence-corrected chi connectivity index (χ3v) is 4.28. The van der Waals surface area contributed by atoms with Gasteiger partial charge in [0, 0.05) is 18.3 Å². The Hall–Kier alpha value is -0.570. The fourth-order valence-electron chi connectivity index (χ4n) is 2.54. The molecule has 0 aromatic carbocycles. The first kappa shape index (κ1) is 7.80. The van der Waals surface area contributed by atoms with Crippen LogP contribution in [0.1, 0.15) is 30.9 Å². The van der Waals surface area contributed by atoms with Crippen molar-refractivity contribution < 1.29 is 0 Å². The maximum Gasteiger partial charge on any atom is 0.182 e. The molecule has 1 aromatic rings. The van der Waals surface area contributed by atoms with Crippen molar-refractivity contribution in [1.82, 2.24) is 4.98 Å². The summed E-state index contributed by atoms with van der Waals surface area (Å²) >= 11 is 1.73. The summed E-state index contributed by atoms with van der Waals surface area (Å²) in [7, 11) is 1.94. The summed E-state index contributed by atoms with van der Waals surface area (Å²) in [6.07, 6.45) is 4.30. The van der Waals surface area contributed by atoms with Crippen LogP contribution >= 0.6 is 11.3 Å². The fraction of sp³-hybridized carbons (Fsp3) is 0.700. The average Bonchev–Trinajstić information content (AvgIpc) is 2.67. The van der Waals surface area contributed by atoms with Crippen molar-refractivity contribution in [1.29, 1.82) is 0 Å². The van der Waals surface area contributed by atoms with E-state index in [-0.39, 0.29) is 0 Å². The van der Waals surface area contributed by atoms with Crippen molar-refractivity contribution in [2.75, 3.05) is 12.4 Å². The molecule has 2 aliphatic carbocycles. The van der Waals surface area contributed by atoms with Crippen LogP contribution in [0.4, 0.5) is 5.13 Å². The molecule has 1 heterocycles. The highest BCUT2D eigenvalue weighted by Gasteiger charge is 2.46. The molecule has 1 N–H and O–H groups in total. The lowest BCUT2D eigenvalue weighted by Gasteiger charge is -2.06. The van der Waals surface area contributed by atoms with Gasteiger partial charge in [0.25, 0.3) is 0 Å². The summed E-state index contributed by atoms with van der Waals surface area (Å²) in [6.45, 7) is 0. The van der Waals surface area contributed by atoms with Crippen molar-refractivity contribution in [2.45, 2.75) is 25.2 Å². The summed E-state index contributed by atoms with van der Waals surface area (Å²) in [5, 5.41) is 6.39. The molecule has 3 rings (SSSR count). The minimum atomic E-state index is 0.780. The van der Waals surface area contributed by atoms with Gasteiger partial charge >= 0.3 is 0 Å². The third-order valence-electron chi connectivity index (χ3n) is 3.40. The lowest BCUT2D eigenvalue weighted by atomic mass is 10.0. The first-order chi connectivity index (χ1) is 6.36. The van der Waals surface area contributed by atoms with Gasteiger partial charge in [-0.1, -0.05) is 0 Å². The second kappa shape index (κ2) is 2.71. The van der Waals surface area contributed by atoms with Gasteiger partial charge < -0.3 is 5.32 Å². The predicted octanol–water partition coefficient (Wildman–Crippen LogP) is 2.70. The normalized spacial score (nSPS) is 35.9. The van der Waals surface area contributed by atoms with Crippen LogP contribution in [-0.4, -0.2) is 12.0 Å². The van der Waals surface area contributed by atoms with Crippen molar-refractivity contribution in [2.24, 2.45) is 11.8 Å². The van der Waals surface area contributed by atoms with Crippen molar-refractivity contribution in [3.05, 3.63) is 11.1 Å². The van der Waals surface area contributed by atoms with E-state index in [1.807, 2.05) is 7.05 Å². The molecule has 0 spiro atoms. The van der Waals surface area contributed by atoms with Gasteiger partial charge in [-0.25, -0.2) is 4.98 Å². The Kier molecular flexibility index (Phi) is 1.62. The van der Waals surface area contributed by atoms with E-state index in [0.717, 1.165) is 22.9 Å². The first-order valence-corrected chi connectivity index (χ1v) is 5.88. The molecular formula is C10H14N2S. The van der Waals surface area contributed by atoms with Crippen LogP contribution < -0.4 is 5.32 Å². The first-order valence-electron chi connectivity index (χ1n) is 5.00. The van der Waals surface area contributed by atoms with Gasteiger partial charge in [-0.05, 0) is 31.1 Å². The highest BCUT2D eigenvalue weighted by Crippen LogP contribution is 2.57. The molecule has 3 heteroatoms. The van der Waals surface area contributed by atoms with Crippen LogP contribution in [0, 0.1) is 11.8 Å². The Balaban J connectivity index is 1.77. The molecule has 2 nitrogen and oxygen atoms in total. The quantitative estimate of drug-likeness (QED) is 0.783. The molecule has 0 aliphatic heterocycles. The Morgan fingerprint density at radius 1 is 1.38 bits per heavy atom. The van der Waals surface area contributed by atoms with E-state index >= 15 is 0 Å². The van der Waals surface area contributed by atoms with Crippen LogP contribution in [0.5, 0.6) is 0 Å². The van der Waals surface area contributed by atoms with E-state index in [1.165, 1.54) is 25.0 Å². The number of hydrogen-bond acceptors (Lipinski definition) is 3.